The zero-order chi connectivity index (χ0) is 18.2. The second-order valence-electron chi connectivity index (χ2n) is 5.32. The van der Waals surface area contributed by atoms with E-state index >= 15 is 0 Å². The van der Waals surface area contributed by atoms with Crippen molar-refractivity contribution < 1.29 is 34.1 Å². The Balaban J connectivity index is 2.69. The van der Waals surface area contributed by atoms with E-state index in [0.29, 0.717) is 0 Å². The minimum atomic E-state index is -1.21. The topological polar surface area (TPSA) is 122 Å². The summed E-state index contributed by atoms with van der Waals surface area (Å²) < 4.78 is 9.91. The first-order valence-electron chi connectivity index (χ1n) is 7.34. The van der Waals surface area contributed by atoms with Crippen LogP contribution < -0.4 is 10.1 Å². The van der Waals surface area contributed by atoms with Gasteiger partial charge in [0.2, 0.25) is 0 Å². The molecule has 132 valence electrons. The normalized spacial score (nSPS) is 10.8. The van der Waals surface area contributed by atoms with Crippen LogP contribution in [0, 0.1) is 0 Å². The molecular formula is C16H21NO7. The summed E-state index contributed by atoms with van der Waals surface area (Å²) in [6.07, 6.45) is 0.146. The van der Waals surface area contributed by atoms with Crippen LogP contribution in [0.15, 0.2) is 24.3 Å². The molecule has 0 saturated heterocycles. The molecule has 0 radical (unpaired) electrons. The maximum Gasteiger partial charge on any atom is 0.342 e. The Bertz CT molecular complexity index is 596. The van der Waals surface area contributed by atoms with Crippen molar-refractivity contribution in [3.8, 4) is 5.75 Å². The molecule has 0 fully saturated rings. The van der Waals surface area contributed by atoms with Crippen molar-refractivity contribution in [2.75, 3.05) is 19.8 Å². The number of nitrogens with one attached hydrogen (secondary N) is 1. The van der Waals surface area contributed by atoms with Crippen LogP contribution in [0.25, 0.3) is 0 Å². The molecule has 0 aliphatic rings. The van der Waals surface area contributed by atoms with Crippen molar-refractivity contribution in [2.24, 2.45) is 0 Å². The Morgan fingerprint density at radius 1 is 1.17 bits per heavy atom. The fourth-order valence-corrected chi connectivity index (χ4v) is 1.63. The van der Waals surface area contributed by atoms with Gasteiger partial charge in [-0.25, -0.2) is 4.79 Å². The minimum Gasteiger partial charge on any atom is -0.452 e. The molecule has 0 atom stereocenters. The third-order valence-electron chi connectivity index (χ3n) is 3.09. The first-order chi connectivity index (χ1) is 11.3. The Hall–Kier alpha value is -2.45. The first kappa shape index (κ1) is 19.6. The Labute approximate surface area is 139 Å². The van der Waals surface area contributed by atoms with E-state index in [1.165, 1.54) is 19.1 Å². The molecule has 1 rings (SSSR count). The molecule has 0 aromatic heterocycles. The Kier molecular flexibility index (Phi) is 7.34. The zero-order valence-corrected chi connectivity index (χ0v) is 13.6. The van der Waals surface area contributed by atoms with E-state index in [9.17, 15) is 14.4 Å². The molecule has 0 saturated carbocycles. The van der Waals surface area contributed by atoms with E-state index in [4.69, 9.17) is 19.7 Å². The van der Waals surface area contributed by atoms with Crippen molar-refractivity contribution in [2.45, 2.75) is 25.8 Å². The molecule has 1 aromatic rings. The van der Waals surface area contributed by atoms with Gasteiger partial charge in [-0.2, -0.15) is 0 Å². The molecule has 24 heavy (non-hydrogen) atoms. The highest BCUT2D eigenvalue weighted by Gasteiger charge is 2.25. The van der Waals surface area contributed by atoms with Crippen molar-refractivity contribution in [1.82, 2.24) is 5.32 Å². The molecule has 8 nitrogen and oxygen atoms in total. The van der Waals surface area contributed by atoms with Crippen LogP contribution in [-0.2, 0) is 14.3 Å². The van der Waals surface area contributed by atoms with Gasteiger partial charge in [0.15, 0.2) is 6.61 Å². The number of hydrogen-bond donors (Lipinski definition) is 3. The fraction of sp³-hybridized carbons (Fsp3) is 0.438. The lowest BCUT2D eigenvalue weighted by atomic mass is 10.1. The molecule has 3 N–H and O–H groups in total. The Morgan fingerprint density at radius 3 is 2.38 bits per heavy atom. The van der Waals surface area contributed by atoms with Crippen LogP contribution in [0.4, 0.5) is 0 Å². The lowest BCUT2D eigenvalue weighted by molar-refractivity contribution is -0.134. The highest BCUT2D eigenvalue weighted by Crippen LogP contribution is 2.19. The standard InChI is InChI=1S/C16H21NO7/c1-3-14(21)24-12-7-5-4-6-11(12)15(22)23-8-13(20)17-16(2,9-18)10-19/h4-7,18-19H,3,8-10H2,1-2H3,(H,17,20). The van der Waals surface area contributed by atoms with Crippen molar-refractivity contribution in [3.63, 3.8) is 0 Å². The second kappa shape index (κ2) is 8.99. The number of aliphatic hydroxyl groups is 2. The van der Waals surface area contributed by atoms with Gasteiger partial charge >= 0.3 is 11.9 Å². The third kappa shape index (κ3) is 5.64. The average molecular weight is 339 g/mol. The number of hydrogen-bond acceptors (Lipinski definition) is 7. The summed E-state index contributed by atoms with van der Waals surface area (Å²) in [5.41, 5.74) is -1.20. The van der Waals surface area contributed by atoms with E-state index in [-0.39, 0.29) is 17.7 Å². The summed E-state index contributed by atoms with van der Waals surface area (Å²) in [6.45, 7) is 1.50. The number of para-hydroxylation sites is 1. The van der Waals surface area contributed by atoms with Gasteiger partial charge in [-0.15, -0.1) is 0 Å². The van der Waals surface area contributed by atoms with Crippen LogP contribution in [0.2, 0.25) is 0 Å². The molecule has 0 spiro atoms. The number of carbonyl (C=O) groups excluding carboxylic acids is 3. The summed E-state index contributed by atoms with van der Waals surface area (Å²) in [4.78, 5) is 35.1. The number of rotatable bonds is 8. The van der Waals surface area contributed by atoms with E-state index in [1.807, 2.05) is 0 Å². The van der Waals surface area contributed by atoms with Crippen LogP contribution in [-0.4, -0.2) is 53.4 Å². The molecule has 0 bridgehead atoms. The van der Waals surface area contributed by atoms with Gasteiger partial charge in [-0.05, 0) is 19.1 Å². The minimum absolute atomic E-state index is 0.0131. The van der Waals surface area contributed by atoms with E-state index in [0.717, 1.165) is 0 Å². The molecule has 0 aliphatic carbocycles. The van der Waals surface area contributed by atoms with Crippen LogP contribution in [0.5, 0.6) is 5.75 Å². The molecule has 1 aromatic carbocycles. The highest BCUT2D eigenvalue weighted by molar-refractivity contribution is 5.94. The van der Waals surface area contributed by atoms with Crippen molar-refractivity contribution >= 4 is 17.8 Å². The lowest BCUT2D eigenvalue weighted by Crippen LogP contribution is -2.52. The van der Waals surface area contributed by atoms with Gasteiger partial charge in [0.25, 0.3) is 5.91 Å². The lowest BCUT2D eigenvalue weighted by Gasteiger charge is -2.25. The summed E-state index contributed by atoms with van der Waals surface area (Å²) in [5, 5.41) is 20.6. The summed E-state index contributed by atoms with van der Waals surface area (Å²) in [7, 11) is 0. The fourth-order valence-electron chi connectivity index (χ4n) is 1.63. The van der Waals surface area contributed by atoms with Crippen molar-refractivity contribution in [1.29, 1.82) is 0 Å². The van der Waals surface area contributed by atoms with E-state index in [2.05, 4.69) is 5.32 Å². The number of benzene rings is 1. The molecule has 1 amide bonds. The summed E-state index contributed by atoms with van der Waals surface area (Å²) >= 11 is 0. The van der Waals surface area contributed by atoms with Crippen LogP contribution in [0.1, 0.15) is 30.6 Å². The highest BCUT2D eigenvalue weighted by atomic mass is 16.6. The quantitative estimate of drug-likeness (QED) is 0.451. The summed E-state index contributed by atoms with van der Waals surface area (Å²) in [6, 6.07) is 6.01. The average Bonchev–Trinajstić information content (AvgIpc) is 2.59. The Morgan fingerprint density at radius 2 is 1.79 bits per heavy atom. The number of carbonyl (C=O) groups is 3. The maximum absolute atomic E-state index is 12.1. The van der Waals surface area contributed by atoms with Gasteiger partial charge in [-0.3, -0.25) is 9.59 Å². The molecule has 0 unspecified atom stereocenters. The molecule has 0 heterocycles. The third-order valence-corrected chi connectivity index (χ3v) is 3.09. The molecular weight excluding hydrogens is 318 g/mol. The van der Waals surface area contributed by atoms with Gasteiger partial charge < -0.3 is 25.0 Å². The number of amides is 1. The SMILES string of the molecule is CCC(=O)Oc1ccccc1C(=O)OCC(=O)NC(C)(CO)CO. The van der Waals surface area contributed by atoms with Gasteiger partial charge in [0, 0.05) is 6.42 Å². The monoisotopic (exact) mass is 339 g/mol. The zero-order valence-electron chi connectivity index (χ0n) is 13.6. The van der Waals surface area contributed by atoms with E-state index in [1.54, 1.807) is 19.1 Å². The number of esters is 2. The number of ether oxygens (including phenoxy) is 2. The van der Waals surface area contributed by atoms with Gasteiger partial charge in [0.1, 0.15) is 11.3 Å². The van der Waals surface area contributed by atoms with E-state index < -0.39 is 43.2 Å². The predicted octanol–water partition coefficient (Wildman–Crippen LogP) is 0.0183. The predicted molar refractivity (Wildman–Crippen MR) is 83.4 cm³/mol. The van der Waals surface area contributed by atoms with Gasteiger partial charge in [0.05, 0.1) is 18.8 Å². The first-order valence-corrected chi connectivity index (χ1v) is 7.34. The van der Waals surface area contributed by atoms with Gasteiger partial charge in [-0.1, -0.05) is 19.1 Å². The largest absolute Gasteiger partial charge is 0.452 e. The van der Waals surface area contributed by atoms with Crippen LogP contribution >= 0.6 is 0 Å². The smallest absolute Gasteiger partial charge is 0.342 e. The maximum atomic E-state index is 12.1. The van der Waals surface area contributed by atoms with Crippen molar-refractivity contribution in [3.05, 3.63) is 29.8 Å². The molecule has 8 heteroatoms. The van der Waals surface area contributed by atoms with Crippen LogP contribution in [0.3, 0.4) is 0 Å². The molecule has 0 aliphatic heterocycles. The second-order valence-corrected chi connectivity index (χ2v) is 5.32. The summed E-state index contributed by atoms with van der Waals surface area (Å²) in [5.74, 6) is -1.98. The number of aliphatic hydroxyl groups excluding tert-OH is 2.